The monoisotopic (exact) mass is 345 g/mol. The van der Waals surface area contributed by atoms with Crippen molar-refractivity contribution in [3.8, 4) is 0 Å². The minimum absolute atomic E-state index is 0.274. The zero-order valence-corrected chi connectivity index (χ0v) is 14.4. The summed E-state index contributed by atoms with van der Waals surface area (Å²) in [6.45, 7) is 3.38. The third-order valence-electron chi connectivity index (χ3n) is 5.72. The predicted molar refractivity (Wildman–Crippen MR) is 90.4 cm³/mol. The number of likely N-dealkylation sites (N-methyl/N-ethyl adjacent to an activating group) is 1. The second-order valence-electron chi connectivity index (χ2n) is 6.97. The van der Waals surface area contributed by atoms with E-state index in [1.54, 1.807) is 0 Å². The van der Waals surface area contributed by atoms with Gasteiger partial charge < -0.3 is 19.5 Å². The van der Waals surface area contributed by atoms with Gasteiger partial charge in [-0.05, 0) is 37.5 Å². The molecule has 6 nitrogen and oxygen atoms in total. The Bertz CT molecular complexity index is 704. The Labute approximate surface area is 146 Å². The van der Waals surface area contributed by atoms with E-state index in [-0.39, 0.29) is 11.8 Å². The lowest BCUT2D eigenvalue weighted by atomic mass is 9.87. The maximum Gasteiger partial charge on any atom is 0.320 e. The molecule has 1 saturated heterocycles. The molecule has 1 saturated carbocycles. The van der Waals surface area contributed by atoms with Crippen molar-refractivity contribution in [3.05, 3.63) is 29.3 Å². The van der Waals surface area contributed by atoms with Crippen LogP contribution in [0.3, 0.4) is 0 Å². The number of hydrogen-bond donors (Lipinski definition) is 1. The fourth-order valence-electron chi connectivity index (χ4n) is 4.59. The maximum atomic E-state index is 12.5. The molecule has 1 amide bonds. The first kappa shape index (κ1) is 16.5. The average molecular weight is 345 g/mol. The summed E-state index contributed by atoms with van der Waals surface area (Å²) in [4.78, 5) is 25.7. The van der Waals surface area contributed by atoms with Gasteiger partial charge >= 0.3 is 5.97 Å². The highest BCUT2D eigenvalue weighted by Crippen LogP contribution is 2.48. The van der Waals surface area contributed by atoms with Gasteiger partial charge in [0.15, 0.2) is 11.7 Å². The van der Waals surface area contributed by atoms with Crippen molar-refractivity contribution < 1.29 is 24.2 Å². The van der Waals surface area contributed by atoms with Gasteiger partial charge in [-0.15, -0.1) is 0 Å². The Kier molecular flexibility index (Phi) is 4.04. The van der Waals surface area contributed by atoms with Gasteiger partial charge in [0.05, 0.1) is 13.2 Å². The Morgan fingerprint density at radius 1 is 1.28 bits per heavy atom. The smallest absolute Gasteiger partial charge is 0.320 e. The van der Waals surface area contributed by atoms with Gasteiger partial charge in [-0.3, -0.25) is 9.59 Å². The van der Waals surface area contributed by atoms with Gasteiger partial charge in [0.2, 0.25) is 5.91 Å². The Hall–Kier alpha value is -1.92. The highest BCUT2D eigenvalue weighted by atomic mass is 16.7. The van der Waals surface area contributed by atoms with Gasteiger partial charge in [0.1, 0.15) is 0 Å². The molecule has 0 bridgehead atoms. The van der Waals surface area contributed by atoms with Crippen molar-refractivity contribution in [2.45, 2.75) is 44.3 Å². The summed E-state index contributed by atoms with van der Waals surface area (Å²) in [5, 5.41) is 9.57. The summed E-state index contributed by atoms with van der Waals surface area (Å²) in [5.41, 5.74) is 2.07. The number of carbonyl (C=O) groups is 2. The number of anilines is 1. The number of rotatable bonds is 4. The van der Waals surface area contributed by atoms with Crippen molar-refractivity contribution in [1.82, 2.24) is 0 Å². The molecule has 2 heterocycles. The molecule has 1 aromatic carbocycles. The molecule has 1 unspecified atom stereocenters. The number of carbonyl (C=O) groups excluding carboxylic acids is 1. The Morgan fingerprint density at radius 3 is 2.56 bits per heavy atom. The molecule has 3 aliphatic rings. The summed E-state index contributed by atoms with van der Waals surface area (Å²) in [6, 6.07) is 5.60. The summed E-state index contributed by atoms with van der Waals surface area (Å²) >= 11 is 0. The van der Waals surface area contributed by atoms with Crippen molar-refractivity contribution >= 4 is 17.6 Å². The minimum Gasteiger partial charge on any atom is -0.480 e. The molecule has 134 valence electrons. The first-order valence-electron chi connectivity index (χ1n) is 9.05. The van der Waals surface area contributed by atoms with Gasteiger partial charge in [0.25, 0.3) is 0 Å². The van der Waals surface area contributed by atoms with Crippen LogP contribution in [0.4, 0.5) is 5.69 Å². The van der Waals surface area contributed by atoms with Gasteiger partial charge in [-0.2, -0.15) is 0 Å². The van der Waals surface area contributed by atoms with Crippen LogP contribution >= 0.6 is 0 Å². The SMILES string of the molecule is CCN1C(=O)C(C(=O)O)c2cc(C3(C4CCCC4)OCCO3)ccc21. The number of benzene rings is 1. The fraction of sp³-hybridized carbons (Fsp3) is 0.579. The zero-order valence-electron chi connectivity index (χ0n) is 14.4. The number of amides is 1. The van der Waals surface area contributed by atoms with E-state index in [2.05, 4.69) is 0 Å². The van der Waals surface area contributed by atoms with Crippen LogP contribution in [0.15, 0.2) is 18.2 Å². The van der Waals surface area contributed by atoms with Crippen molar-refractivity contribution in [3.63, 3.8) is 0 Å². The third kappa shape index (κ3) is 2.39. The van der Waals surface area contributed by atoms with Crippen LogP contribution in [-0.2, 0) is 24.8 Å². The molecule has 0 radical (unpaired) electrons. The zero-order chi connectivity index (χ0) is 17.6. The highest BCUT2D eigenvalue weighted by Gasteiger charge is 2.49. The highest BCUT2D eigenvalue weighted by molar-refractivity contribution is 6.15. The van der Waals surface area contributed by atoms with E-state index >= 15 is 0 Å². The number of nitrogens with zero attached hydrogens (tertiary/aromatic N) is 1. The summed E-state index contributed by atoms with van der Waals surface area (Å²) in [5.74, 6) is -3.14. The van der Waals surface area contributed by atoms with E-state index in [1.165, 1.54) is 4.90 Å². The molecule has 2 fully saturated rings. The largest absolute Gasteiger partial charge is 0.480 e. The lowest BCUT2D eigenvalue weighted by Crippen LogP contribution is -2.35. The van der Waals surface area contributed by atoms with E-state index in [9.17, 15) is 14.7 Å². The quantitative estimate of drug-likeness (QED) is 0.849. The number of hydrogen-bond acceptors (Lipinski definition) is 4. The standard InChI is InChI=1S/C19H23NO5/c1-2-20-15-8-7-13(11-14(15)16(17(20)21)18(22)23)19(24-9-10-25-19)12-5-3-4-6-12/h7-8,11-12,16H,2-6,9-10H2,1H3,(H,22,23). The topological polar surface area (TPSA) is 76.1 Å². The molecule has 1 N–H and O–H groups in total. The number of ether oxygens (including phenoxy) is 2. The second-order valence-corrected chi connectivity index (χ2v) is 6.97. The molecule has 1 aromatic rings. The van der Waals surface area contributed by atoms with Gasteiger partial charge in [-0.25, -0.2) is 0 Å². The van der Waals surface area contributed by atoms with Crippen molar-refractivity contribution in [1.29, 1.82) is 0 Å². The lowest BCUT2D eigenvalue weighted by molar-refractivity contribution is -0.203. The predicted octanol–water partition coefficient (Wildman–Crippen LogP) is 2.61. The van der Waals surface area contributed by atoms with Crippen LogP contribution in [0.1, 0.15) is 49.7 Å². The molecule has 0 aromatic heterocycles. The number of carboxylic acid groups (broad SMARTS) is 1. The van der Waals surface area contributed by atoms with E-state index in [0.29, 0.717) is 31.0 Å². The number of fused-ring (bicyclic) bond motifs is 1. The maximum absolute atomic E-state index is 12.5. The molecule has 1 aliphatic carbocycles. The number of aliphatic carboxylic acids is 1. The first-order valence-corrected chi connectivity index (χ1v) is 9.05. The van der Waals surface area contributed by atoms with Crippen LogP contribution < -0.4 is 4.90 Å². The first-order chi connectivity index (χ1) is 12.1. The van der Waals surface area contributed by atoms with Gasteiger partial charge in [-0.1, -0.05) is 18.9 Å². The molecular weight excluding hydrogens is 322 g/mol. The van der Waals surface area contributed by atoms with Crippen LogP contribution in [0, 0.1) is 5.92 Å². The van der Waals surface area contributed by atoms with Crippen LogP contribution in [0.25, 0.3) is 0 Å². The van der Waals surface area contributed by atoms with Gasteiger partial charge in [0, 0.05) is 23.7 Å². The molecular formula is C19H23NO5. The third-order valence-corrected chi connectivity index (χ3v) is 5.72. The molecule has 25 heavy (non-hydrogen) atoms. The van der Waals surface area contributed by atoms with E-state index in [0.717, 1.165) is 31.2 Å². The number of carboxylic acids is 1. The Morgan fingerprint density at radius 2 is 1.96 bits per heavy atom. The molecule has 0 spiro atoms. The van der Waals surface area contributed by atoms with Crippen molar-refractivity contribution in [2.24, 2.45) is 5.92 Å². The molecule has 6 heteroatoms. The summed E-state index contributed by atoms with van der Waals surface area (Å²) < 4.78 is 12.2. The van der Waals surface area contributed by atoms with E-state index in [4.69, 9.17) is 9.47 Å². The van der Waals surface area contributed by atoms with Crippen molar-refractivity contribution in [2.75, 3.05) is 24.7 Å². The van der Waals surface area contributed by atoms with E-state index in [1.807, 2.05) is 25.1 Å². The average Bonchev–Trinajstić information content (AvgIpc) is 3.32. The normalized spacial score (nSPS) is 25.6. The summed E-state index contributed by atoms with van der Waals surface area (Å²) in [6.07, 6.45) is 4.40. The molecule has 1 atom stereocenters. The minimum atomic E-state index is -1.14. The molecule has 4 rings (SSSR count). The van der Waals surface area contributed by atoms with Crippen LogP contribution in [-0.4, -0.2) is 36.7 Å². The van der Waals surface area contributed by atoms with Crippen LogP contribution in [0.2, 0.25) is 0 Å². The molecule has 2 aliphatic heterocycles. The lowest BCUT2D eigenvalue weighted by Gasteiger charge is -2.34. The summed E-state index contributed by atoms with van der Waals surface area (Å²) in [7, 11) is 0. The second kappa shape index (κ2) is 6.11. The Balaban J connectivity index is 1.80. The van der Waals surface area contributed by atoms with E-state index < -0.39 is 17.7 Å². The fourth-order valence-corrected chi connectivity index (χ4v) is 4.59. The van der Waals surface area contributed by atoms with Crippen LogP contribution in [0.5, 0.6) is 0 Å².